The minimum atomic E-state index is -0.693. The lowest BCUT2D eigenvalue weighted by atomic mass is 10.1. The van der Waals surface area contributed by atoms with E-state index >= 15 is 0 Å². The van der Waals surface area contributed by atoms with Crippen molar-refractivity contribution >= 4 is 17.6 Å². The number of hydrazine groups is 1. The van der Waals surface area contributed by atoms with Crippen LogP contribution < -0.4 is 20.9 Å². The lowest BCUT2D eigenvalue weighted by Crippen LogP contribution is -2.60. The highest BCUT2D eigenvalue weighted by molar-refractivity contribution is 6.03. The molecule has 2 aliphatic rings. The van der Waals surface area contributed by atoms with Crippen molar-refractivity contribution in [1.82, 2.24) is 20.7 Å². The number of anilines is 1. The van der Waals surface area contributed by atoms with Gasteiger partial charge in [-0.15, -0.1) is 0 Å². The van der Waals surface area contributed by atoms with Gasteiger partial charge in [0.1, 0.15) is 6.04 Å². The molecule has 3 rings (SSSR count). The molecule has 0 aromatic heterocycles. The maximum atomic E-state index is 14.1. The molecule has 0 spiro atoms. The van der Waals surface area contributed by atoms with E-state index in [1.165, 1.54) is 20.3 Å². The second-order valence-corrected chi connectivity index (χ2v) is 6.98. The van der Waals surface area contributed by atoms with Crippen molar-refractivity contribution in [2.45, 2.75) is 25.0 Å². The summed E-state index contributed by atoms with van der Waals surface area (Å²) in [5, 5.41) is 2.62. The minimum Gasteiger partial charge on any atom is -0.494 e. The van der Waals surface area contributed by atoms with E-state index in [0.717, 1.165) is 32.2 Å². The summed E-state index contributed by atoms with van der Waals surface area (Å²) in [6, 6.07) is 1.76. The molecular formula is C18H26FN5O4. The second kappa shape index (κ2) is 8.82. The highest BCUT2D eigenvalue weighted by Crippen LogP contribution is 2.27. The quantitative estimate of drug-likeness (QED) is 0.615. The van der Waals surface area contributed by atoms with Crippen LogP contribution in [0.1, 0.15) is 23.2 Å². The molecule has 1 aromatic rings. The van der Waals surface area contributed by atoms with Crippen LogP contribution in [0.25, 0.3) is 0 Å². The smallest absolute Gasteiger partial charge is 0.340 e. The molecule has 2 unspecified atom stereocenters. The van der Waals surface area contributed by atoms with E-state index in [2.05, 4.69) is 33.0 Å². The molecule has 0 saturated carbocycles. The summed E-state index contributed by atoms with van der Waals surface area (Å²) in [5.74, 6) is -1.84. The second-order valence-electron chi connectivity index (χ2n) is 6.98. The van der Waals surface area contributed by atoms with Crippen molar-refractivity contribution in [3.8, 4) is 5.75 Å². The topological polar surface area (TPSA) is 95.2 Å². The standard InChI is InChI=1S/C18H26FN5O4/c1-23-6-7-24(10-23)16-5-4-13(21-22-16)17(25)20-14-9-12(19)15(27-2)8-11(14)18(26)28-3/h8-9,13,16,21-22H,4-7,10H2,1-3H3,(H,20,25). The molecule has 1 amide bonds. The van der Waals surface area contributed by atoms with Crippen LogP contribution in [-0.2, 0) is 9.53 Å². The van der Waals surface area contributed by atoms with E-state index in [0.29, 0.717) is 6.42 Å². The van der Waals surface area contributed by atoms with Gasteiger partial charge in [-0.25, -0.2) is 20.0 Å². The van der Waals surface area contributed by atoms with Gasteiger partial charge in [0.2, 0.25) is 5.91 Å². The molecule has 1 aromatic carbocycles. The monoisotopic (exact) mass is 395 g/mol. The number of methoxy groups -OCH3 is 2. The fourth-order valence-electron chi connectivity index (χ4n) is 3.45. The van der Waals surface area contributed by atoms with E-state index in [1.807, 2.05) is 0 Å². The number of ether oxygens (including phenoxy) is 2. The van der Waals surface area contributed by atoms with Gasteiger partial charge in [0.25, 0.3) is 0 Å². The van der Waals surface area contributed by atoms with Gasteiger partial charge in [0.15, 0.2) is 11.6 Å². The summed E-state index contributed by atoms with van der Waals surface area (Å²) in [7, 11) is 4.58. The number of halogens is 1. The van der Waals surface area contributed by atoms with E-state index in [9.17, 15) is 14.0 Å². The lowest BCUT2D eigenvalue weighted by molar-refractivity contribution is -0.119. The predicted octanol–water partition coefficient (Wildman–Crippen LogP) is 0.347. The van der Waals surface area contributed by atoms with Crippen LogP contribution in [0.3, 0.4) is 0 Å². The summed E-state index contributed by atoms with van der Waals surface area (Å²) in [4.78, 5) is 29.2. The zero-order chi connectivity index (χ0) is 20.3. The Morgan fingerprint density at radius 1 is 1.21 bits per heavy atom. The average Bonchev–Trinajstić information content (AvgIpc) is 3.14. The largest absolute Gasteiger partial charge is 0.494 e. The summed E-state index contributed by atoms with van der Waals surface area (Å²) in [6.07, 6.45) is 1.55. The van der Waals surface area contributed by atoms with Crippen LogP contribution in [0.2, 0.25) is 0 Å². The molecule has 10 heteroatoms. The van der Waals surface area contributed by atoms with Gasteiger partial charge in [-0.2, -0.15) is 0 Å². The van der Waals surface area contributed by atoms with Crippen LogP contribution in [0.15, 0.2) is 12.1 Å². The number of carbonyl (C=O) groups is 2. The maximum absolute atomic E-state index is 14.1. The number of amides is 1. The predicted molar refractivity (Wildman–Crippen MR) is 100 cm³/mol. The molecule has 0 aliphatic carbocycles. The first-order valence-corrected chi connectivity index (χ1v) is 9.13. The lowest BCUT2D eigenvalue weighted by Gasteiger charge is -2.35. The Hall–Kier alpha value is -2.27. The SMILES string of the molecule is COC(=O)c1cc(OC)c(F)cc1NC(=O)C1CCC(N2CCN(C)C2)NN1. The van der Waals surface area contributed by atoms with Crippen molar-refractivity contribution in [3.05, 3.63) is 23.5 Å². The number of carbonyl (C=O) groups excluding carboxylic acids is 2. The average molecular weight is 395 g/mol. The van der Waals surface area contributed by atoms with E-state index < -0.39 is 17.8 Å². The van der Waals surface area contributed by atoms with Gasteiger partial charge < -0.3 is 14.8 Å². The fraction of sp³-hybridized carbons (Fsp3) is 0.556. The Balaban J connectivity index is 1.65. The molecule has 3 N–H and O–H groups in total. The third-order valence-electron chi connectivity index (χ3n) is 5.06. The van der Waals surface area contributed by atoms with Crippen molar-refractivity contribution in [2.24, 2.45) is 0 Å². The summed E-state index contributed by atoms with van der Waals surface area (Å²) >= 11 is 0. The molecular weight excluding hydrogens is 369 g/mol. The molecule has 2 atom stereocenters. The maximum Gasteiger partial charge on any atom is 0.340 e. The van der Waals surface area contributed by atoms with E-state index in [4.69, 9.17) is 9.47 Å². The van der Waals surface area contributed by atoms with Crippen LogP contribution in [0.4, 0.5) is 10.1 Å². The molecule has 2 aliphatic heterocycles. The first kappa shape index (κ1) is 20.5. The highest BCUT2D eigenvalue weighted by Gasteiger charge is 2.31. The number of rotatable bonds is 5. The number of benzene rings is 1. The number of hydrogen-bond acceptors (Lipinski definition) is 8. The Bertz CT molecular complexity index is 739. The number of nitrogens with one attached hydrogen (secondary N) is 3. The van der Waals surface area contributed by atoms with Crippen LogP contribution in [-0.4, -0.2) is 74.9 Å². The fourth-order valence-corrected chi connectivity index (χ4v) is 3.45. The minimum absolute atomic E-state index is 0.0239. The van der Waals surface area contributed by atoms with Gasteiger partial charge in [0.05, 0.1) is 38.3 Å². The molecule has 2 fully saturated rings. The van der Waals surface area contributed by atoms with Gasteiger partial charge in [-0.1, -0.05) is 0 Å². The van der Waals surface area contributed by atoms with Crippen molar-refractivity contribution in [2.75, 3.05) is 46.3 Å². The Morgan fingerprint density at radius 3 is 2.57 bits per heavy atom. The Labute approximate surface area is 163 Å². The van der Waals surface area contributed by atoms with Crippen LogP contribution in [0.5, 0.6) is 5.75 Å². The van der Waals surface area contributed by atoms with Gasteiger partial charge in [-0.3, -0.25) is 14.6 Å². The number of likely N-dealkylation sites (N-methyl/N-ethyl adjacent to an activating group) is 1. The van der Waals surface area contributed by atoms with Gasteiger partial charge >= 0.3 is 5.97 Å². The molecule has 0 radical (unpaired) electrons. The van der Waals surface area contributed by atoms with Gasteiger partial charge in [-0.05, 0) is 26.0 Å². The number of hydrogen-bond donors (Lipinski definition) is 3. The van der Waals surface area contributed by atoms with E-state index in [1.54, 1.807) is 0 Å². The zero-order valence-corrected chi connectivity index (χ0v) is 16.3. The normalized spacial score (nSPS) is 23.4. The molecule has 154 valence electrons. The summed E-state index contributed by atoms with van der Waals surface area (Å²) in [5.41, 5.74) is 6.27. The highest BCUT2D eigenvalue weighted by atomic mass is 19.1. The van der Waals surface area contributed by atoms with Gasteiger partial charge in [0, 0.05) is 19.2 Å². The Kier molecular flexibility index (Phi) is 6.45. The number of esters is 1. The van der Waals surface area contributed by atoms with Crippen LogP contribution in [0, 0.1) is 5.82 Å². The molecule has 28 heavy (non-hydrogen) atoms. The van der Waals surface area contributed by atoms with E-state index in [-0.39, 0.29) is 29.1 Å². The molecule has 2 saturated heterocycles. The van der Waals surface area contributed by atoms with Crippen LogP contribution >= 0.6 is 0 Å². The molecule has 2 heterocycles. The number of nitrogens with zero attached hydrogens (tertiary/aromatic N) is 2. The first-order chi connectivity index (χ1) is 13.4. The van der Waals surface area contributed by atoms with Crippen molar-refractivity contribution in [3.63, 3.8) is 0 Å². The zero-order valence-electron chi connectivity index (χ0n) is 16.3. The Morgan fingerprint density at radius 2 is 2.00 bits per heavy atom. The molecule has 0 bridgehead atoms. The summed E-state index contributed by atoms with van der Waals surface area (Å²) in [6.45, 7) is 2.87. The summed E-state index contributed by atoms with van der Waals surface area (Å²) < 4.78 is 23.7. The third kappa shape index (κ3) is 4.41. The first-order valence-electron chi connectivity index (χ1n) is 9.13. The molecule has 9 nitrogen and oxygen atoms in total. The van der Waals surface area contributed by atoms with Crippen molar-refractivity contribution in [1.29, 1.82) is 0 Å². The third-order valence-corrected chi connectivity index (χ3v) is 5.06. The van der Waals surface area contributed by atoms with Crippen molar-refractivity contribution < 1.29 is 23.5 Å².